The Labute approximate surface area is 179 Å². The maximum absolute atomic E-state index is 13.1. The molecule has 1 aliphatic heterocycles. The fourth-order valence-electron chi connectivity index (χ4n) is 5.00. The van der Waals surface area contributed by atoms with Crippen molar-refractivity contribution in [2.75, 3.05) is 19.8 Å². The number of imide groups is 1. The lowest BCUT2D eigenvalue weighted by atomic mass is 9.60. The first kappa shape index (κ1) is 23.1. The van der Waals surface area contributed by atoms with Crippen LogP contribution in [0.3, 0.4) is 0 Å². The molecular weight excluding hydrogens is 410 g/mol. The van der Waals surface area contributed by atoms with Gasteiger partial charge in [-0.2, -0.15) is 5.10 Å². The summed E-state index contributed by atoms with van der Waals surface area (Å²) >= 11 is 0. The number of nitrogens with zero attached hydrogens (tertiary/aromatic N) is 2. The molecule has 3 N–H and O–H groups in total. The summed E-state index contributed by atoms with van der Waals surface area (Å²) in [6.45, 7) is 3.63. The van der Waals surface area contributed by atoms with Crippen molar-refractivity contribution in [2.24, 2.45) is 28.8 Å². The van der Waals surface area contributed by atoms with Crippen molar-refractivity contribution in [3.63, 3.8) is 0 Å². The van der Waals surface area contributed by atoms with E-state index in [-0.39, 0.29) is 44.4 Å². The Balaban J connectivity index is 1.79. The lowest BCUT2D eigenvalue weighted by Crippen LogP contribution is -2.55. The lowest BCUT2D eigenvalue weighted by Gasteiger charge is -2.45. The summed E-state index contributed by atoms with van der Waals surface area (Å²) in [5, 5.41) is 25.2. The van der Waals surface area contributed by atoms with Gasteiger partial charge in [-0.3, -0.25) is 19.3 Å². The van der Waals surface area contributed by atoms with Crippen LogP contribution in [-0.4, -0.2) is 76.7 Å². The molecule has 1 saturated heterocycles. The average Bonchev–Trinajstić information content (AvgIpc) is 2.98. The van der Waals surface area contributed by atoms with E-state index in [9.17, 15) is 29.4 Å². The van der Waals surface area contributed by atoms with E-state index in [4.69, 9.17) is 9.47 Å². The predicted octanol–water partition coefficient (Wildman–Crippen LogP) is -0.205. The average molecular weight is 439 g/mol. The summed E-state index contributed by atoms with van der Waals surface area (Å²) in [5.74, 6) is -3.84. The van der Waals surface area contributed by atoms with E-state index < -0.39 is 47.9 Å². The highest BCUT2D eigenvalue weighted by atomic mass is 16.6. The van der Waals surface area contributed by atoms with Crippen LogP contribution in [-0.2, 0) is 23.9 Å². The molecule has 2 aliphatic carbocycles. The van der Waals surface area contributed by atoms with Crippen LogP contribution < -0.4 is 5.43 Å². The number of rotatable bonds is 6. The monoisotopic (exact) mass is 439 g/mol. The number of hydrogen-bond donors (Lipinski definition) is 3. The Morgan fingerprint density at radius 1 is 1.10 bits per heavy atom. The van der Waals surface area contributed by atoms with Crippen molar-refractivity contribution in [1.29, 1.82) is 0 Å². The highest BCUT2D eigenvalue weighted by Gasteiger charge is 2.59. The molecule has 1 heterocycles. The van der Waals surface area contributed by atoms with Gasteiger partial charge in [-0.1, -0.05) is 0 Å². The lowest BCUT2D eigenvalue weighted by molar-refractivity contribution is -0.145. The molecular formula is C20H29N3O8. The number of aliphatic hydroxyl groups is 2. The van der Waals surface area contributed by atoms with E-state index >= 15 is 0 Å². The van der Waals surface area contributed by atoms with Crippen molar-refractivity contribution in [2.45, 2.75) is 51.7 Å². The SMILES string of the molecule is CCOC(=O)CCN1C(=O)[C@H]2[C@H]3[C@H](O)[C@H](O)C/C(=N/NC(=O)OCC)[C@H]3CC[C@@H]2C1=O. The largest absolute Gasteiger partial charge is 0.466 e. The van der Waals surface area contributed by atoms with E-state index in [2.05, 4.69) is 10.5 Å². The normalized spacial score (nSPS) is 33.7. The first-order valence-corrected chi connectivity index (χ1v) is 10.7. The summed E-state index contributed by atoms with van der Waals surface area (Å²) in [7, 11) is 0. The zero-order chi connectivity index (χ0) is 22.7. The first-order valence-electron chi connectivity index (χ1n) is 10.7. The van der Waals surface area contributed by atoms with Gasteiger partial charge in [-0.25, -0.2) is 10.2 Å². The van der Waals surface area contributed by atoms with Gasteiger partial charge in [0.05, 0.1) is 43.7 Å². The fraction of sp³-hybridized carbons (Fsp3) is 0.750. The van der Waals surface area contributed by atoms with Gasteiger partial charge in [-0.05, 0) is 26.7 Å². The van der Waals surface area contributed by atoms with Crippen LogP contribution in [0.1, 0.15) is 39.5 Å². The highest BCUT2D eigenvalue weighted by Crippen LogP contribution is 2.49. The smallest absolute Gasteiger partial charge is 0.427 e. The van der Waals surface area contributed by atoms with Gasteiger partial charge in [-0.15, -0.1) is 0 Å². The third-order valence-electron chi connectivity index (χ3n) is 6.28. The van der Waals surface area contributed by atoms with E-state index in [1.807, 2.05) is 0 Å². The third-order valence-corrected chi connectivity index (χ3v) is 6.28. The first-order chi connectivity index (χ1) is 14.8. The minimum absolute atomic E-state index is 0.0425. The summed E-state index contributed by atoms with van der Waals surface area (Å²) in [4.78, 5) is 50.3. The molecule has 0 unspecified atom stereocenters. The maximum atomic E-state index is 13.1. The number of hydrogen-bond acceptors (Lipinski definition) is 9. The molecule has 3 amide bonds. The van der Waals surface area contributed by atoms with Crippen molar-refractivity contribution in [1.82, 2.24) is 10.3 Å². The number of likely N-dealkylation sites (tertiary alicyclic amines) is 1. The summed E-state index contributed by atoms with van der Waals surface area (Å²) in [6.07, 6.45) is -2.29. The standard InChI is InChI=1S/C20H29N3O8/c1-3-30-14(25)7-8-23-18(27)11-6-5-10-12(21-22-20(29)31-4-2)9-13(24)17(26)15(10)16(11)19(23)28/h10-11,13,15-17,24,26H,3-9H2,1-2H3,(H,22,29)/b21-12-/t10-,11+,13-,15+,16-,17-/m1/s1. The van der Waals surface area contributed by atoms with Crippen molar-refractivity contribution in [3.05, 3.63) is 0 Å². The molecule has 2 saturated carbocycles. The van der Waals surface area contributed by atoms with E-state index in [0.29, 0.717) is 18.6 Å². The molecule has 0 aromatic rings. The van der Waals surface area contributed by atoms with Crippen LogP contribution in [0.2, 0.25) is 0 Å². The molecule has 0 bridgehead atoms. The van der Waals surface area contributed by atoms with Crippen molar-refractivity contribution >= 4 is 29.6 Å². The van der Waals surface area contributed by atoms with Gasteiger partial charge in [0, 0.05) is 30.5 Å². The topological polar surface area (TPSA) is 155 Å². The van der Waals surface area contributed by atoms with Crippen LogP contribution in [0.4, 0.5) is 4.79 Å². The number of fused-ring (bicyclic) bond motifs is 3. The number of aliphatic hydroxyl groups excluding tert-OH is 2. The van der Waals surface area contributed by atoms with Crippen molar-refractivity contribution < 1.29 is 38.9 Å². The second-order valence-corrected chi connectivity index (χ2v) is 7.97. The molecule has 0 aromatic carbocycles. The number of hydrazone groups is 1. The summed E-state index contributed by atoms with van der Waals surface area (Å²) in [6, 6.07) is 0. The summed E-state index contributed by atoms with van der Waals surface area (Å²) < 4.78 is 9.65. The number of carbonyl (C=O) groups excluding carboxylic acids is 4. The van der Waals surface area contributed by atoms with Gasteiger partial charge >= 0.3 is 12.1 Å². The summed E-state index contributed by atoms with van der Waals surface area (Å²) in [5.41, 5.74) is 2.73. The Bertz CT molecular complexity index is 770. The molecule has 172 valence electrons. The quantitative estimate of drug-likeness (QED) is 0.292. The number of nitrogens with one attached hydrogen (secondary N) is 1. The molecule has 0 spiro atoms. The molecule has 3 aliphatic rings. The van der Waals surface area contributed by atoms with Crippen molar-refractivity contribution in [3.8, 4) is 0 Å². The minimum atomic E-state index is -1.21. The number of ether oxygens (including phenoxy) is 2. The molecule has 3 fully saturated rings. The van der Waals surface area contributed by atoms with Crippen LogP contribution >= 0.6 is 0 Å². The zero-order valence-electron chi connectivity index (χ0n) is 17.7. The van der Waals surface area contributed by atoms with E-state index in [1.54, 1.807) is 13.8 Å². The van der Waals surface area contributed by atoms with Gasteiger partial charge in [0.2, 0.25) is 11.8 Å². The number of esters is 1. The molecule has 11 heteroatoms. The van der Waals surface area contributed by atoms with Gasteiger partial charge in [0.1, 0.15) is 0 Å². The zero-order valence-corrected chi connectivity index (χ0v) is 17.7. The Morgan fingerprint density at radius 2 is 1.77 bits per heavy atom. The van der Waals surface area contributed by atoms with Gasteiger partial charge in [0.25, 0.3) is 0 Å². The van der Waals surface area contributed by atoms with Crippen LogP contribution in [0.15, 0.2) is 5.10 Å². The van der Waals surface area contributed by atoms with Crippen LogP contribution in [0, 0.1) is 23.7 Å². The molecule has 3 rings (SSSR count). The van der Waals surface area contributed by atoms with Gasteiger partial charge < -0.3 is 19.7 Å². The van der Waals surface area contributed by atoms with E-state index in [0.717, 1.165) is 4.90 Å². The molecule has 0 radical (unpaired) electrons. The molecule has 0 aromatic heterocycles. The molecule has 11 nitrogen and oxygen atoms in total. The third kappa shape index (κ3) is 4.57. The second kappa shape index (κ2) is 9.73. The highest BCUT2D eigenvalue weighted by molar-refractivity contribution is 6.06. The van der Waals surface area contributed by atoms with Crippen LogP contribution in [0.5, 0.6) is 0 Å². The molecule has 6 atom stereocenters. The van der Waals surface area contributed by atoms with Gasteiger partial charge in [0.15, 0.2) is 0 Å². The second-order valence-electron chi connectivity index (χ2n) is 7.97. The minimum Gasteiger partial charge on any atom is -0.466 e. The molecule has 31 heavy (non-hydrogen) atoms. The number of amides is 3. The predicted molar refractivity (Wildman–Crippen MR) is 105 cm³/mol. The van der Waals surface area contributed by atoms with E-state index in [1.165, 1.54) is 0 Å². The Kier molecular flexibility index (Phi) is 7.26. The Hall–Kier alpha value is -2.53. The maximum Gasteiger partial charge on any atom is 0.427 e. The number of carbonyl (C=O) groups is 4. The Morgan fingerprint density at radius 3 is 2.45 bits per heavy atom. The fourth-order valence-corrected chi connectivity index (χ4v) is 5.00. The van der Waals surface area contributed by atoms with Crippen LogP contribution in [0.25, 0.3) is 0 Å².